The first-order valence-corrected chi connectivity index (χ1v) is 6.08. The maximum absolute atomic E-state index is 4.43. The molecule has 18 heavy (non-hydrogen) atoms. The number of allylic oxidation sites excluding steroid dienone is 1. The fraction of sp³-hybridized carbons (Fsp3) is 0.118. The summed E-state index contributed by atoms with van der Waals surface area (Å²) in [6, 6.07) is 16.5. The van der Waals surface area contributed by atoms with Crippen LogP contribution in [0.1, 0.15) is 16.7 Å². The average molecular weight is 235 g/mol. The number of hydrogen-bond donors (Lipinski definition) is 0. The summed E-state index contributed by atoms with van der Waals surface area (Å²) in [6.07, 6.45) is 5.85. The minimum Gasteiger partial charge on any atom is -0.257 e. The standard InChI is InChI=1S/C17H17N/c1-14-11-15(2)13-17(12-14)18-10-6-9-16-7-4-3-5-8-16/h3-13H,1-2H3/b9-6+,18-10?. The van der Waals surface area contributed by atoms with Crippen LogP contribution in [0.2, 0.25) is 0 Å². The van der Waals surface area contributed by atoms with Gasteiger partial charge in [0.2, 0.25) is 0 Å². The van der Waals surface area contributed by atoms with E-state index in [-0.39, 0.29) is 0 Å². The smallest absolute Gasteiger partial charge is 0.0634 e. The Balaban J connectivity index is 2.05. The number of aliphatic imine (C=N–C) groups is 1. The summed E-state index contributed by atoms with van der Waals surface area (Å²) in [5.74, 6) is 0. The van der Waals surface area contributed by atoms with E-state index >= 15 is 0 Å². The van der Waals surface area contributed by atoms with Gasteiger partial charge in [-0.15, -0.1) is 0 Å². The third-order valence-corrected chi connectivity index (χ3v) is 2.60. The van der Waals surface area contributed by atoms with Gasteiger partial charge in [0.1, 0.15) is 0 Å². The maximum Gasteiger partial charge on any atom is 0.0634 e. The highest BCUT2D eigenvalue weighted by Gasteiger charge is 1.91. The SMILES string of the molecule is Cc1cc(C)cc(N=C/C=C/c2ccccc2)c1. The van der Waals surface area contributed by atoms with E-state index in [1.54, 1.807) is 0 Å². The van der Waals surface area contributed by atoms with Gasteiger partial charge in [-0.05, 0) is 48.7 Å². The molecule has 0 heterocycles. The second-order valence-electron chi connectivity index (χ2n) is 4.39. The van der Waals surface area contributed by atoms with E-state index in [0.29, 0.717) is 0 Å². The van der Waals surface area contributed by atoms with Gasteiger partial charge in [0.15, 0.2) is 0 Å². The van der Waals surface area contributed by atoms with Crippen LogP contribution in [0.4, 0.5) is 5.69 Å². The van der Waals surface area contributed by atoms with E-state index in [1.807, 2.05) is 36.6 Å². The molecule has 2 aromatic carbocycles. The highest BCUT2D eigenvalue weighted by molar-refractivity contribution is 5.80. The van der Waals surface area contributed by atoms with Crippen LogP contribution in [0.15, 0.2) is 59.6 Å². The number of benzene rings is 2. The molecule has 0 fully saturated rings. The van der Waals surface area contributed by atoms with Crippen molar-refractivity contribution in [3.63, 3.8) is 0 Å². The molecule has 1 nitrogen and oxygen atoms in total. The zero-order valence-corrected chi connectivity index (χ0v) is 10.8. The normalized spacial score (nSPS) is 11.4. The van der Waals surface area contributed by atoms with Gasteiger partial charge in [-0.2, -0.15) is 0 Å². The van der Waals surface area contributed by atoms with Crippen molar-refractivity contribution in [2.24, 2.45) is 4.99 Å². The van der Waals surface area contributed by atoms with Crippen LogP contribution in [0.3, 0.4) is 0 Å². The molecule has 0 bridgehead atoms. The fourth-order valence-electron chi connectivity index (χ4n) is 1.87. The number of nitrogens with zero attached hydrogens (tertiary/aromatic N) is 1. The van der Waals surface area contributed by atoms with Gasteiger partial charge >= 0.3 is 0 Å². The molecule has 0 radical (unpaired) electrons. The van der Waals surface area contributed by atoms with Crippen molar-refractivity contribution in [2.45, 2.75) is 13.8 Å². The van der Waals surface area contributed by atoms with Crippen LogP contribution in [0.25, 0.3) is 6.08 Å². The van der Waals surface area contributed by atoms with Crippen molar-refractivity contribution in [3.05, 3.63) is 71.3 Å². The Bertz CT molecular complexity index is 545. The highest BCUT2D eigenvalue weighted by atomic mass is 14.7. The Kier molecular flexibility index (Phi) is 4.08. The van der Waals surface area contributed by atoms with E-state index in [4.69, 9.17) is 0 Å². The van der Waals surface area contributed by atoms with Gasteiger partial charge < -0.3 is 0 Å². The van der Waals surface area contributed by atoms with E-state index in [2.05, 4.69) is 49.2 Å². The maximum atomic E-state index is 4.43. The van der Waals surface area contributed by atoms with Crippen molar-refractivity contribution >= 4 is 18.0 Å². The third kappa shape index (κ3) is 3.70. The van der Waals surface area contributed by atoms with E-state index in [9.17, 15) is 0 Å². The largest absolute Gasteiger partial charge is 0.257 e. The van der Waals surface area contributed by atoms with Gasteiger partial charge in [0, 0.05) is 6.21 Å². The van der Waals surface area contributed by atoms with Crippen LogP contribution >= 0.6 is 0 Å². The summed E-state index contributed by atoms with van der Waals surface area (Å²) >= 11 is 0. The Morgan fingerprint density at radius 2 is 1.56 bits per heavy atom. The molecule has 0 aromatic heterocycles. The first-order valence-electron chi connectivity index (χ1n) is 6.08. The molecule has 0 saturated carbocycles. The van der Waals surface area contributed by atoms with Gasteiger partial charge in [-0.25, -0.2) is 0 Å². The number of rotatable bonds is 3. The van der Waals surface area contributed by atoms with Crippen molar-refractivity contribution in [1.82, 2.24) is 0 Å². The first-order chi connectivity index (χ1) is 8.74. The lowest BCUT2D eigenvalue weighted by atomic mass is 10.1. The molecule has 0 aliphatic heterocycles. The van der Waals surface area contributed by atoms with E-state index < -0.39 is 0 Å². The van der Waals surface area contributed by atoms with Gasteiger partial charge in [-0.3, -0.25) is 4.99 Å². The summed E-state index contributed by atoms with van der Waals surface area (Å²) in [7, 11) is 0. The summed E-state index contributed by atoms with van der Waals surface area (Å²) in [4.78, 5) is 4.43. The zero-order chi connectivity index (χ0) is 12.8. The third-order valence-electron chi connectivity index (χ3n) is 2.60. The van der Waals surface area contributed by atoms with Gasteiger partial charge in [0.25, 0.3) is 0 Å². The molecular weight excluding hydrogens is 218 g/mol. The van der Waals surface area contributed by atoms with E-state index in [1.165, 1.54) is 16.7 Å². The molecule has 0 amide bonds. The fourth-order valence-corrected chi connectivity index (χ4v) is 1.87. The average Bonchev–Trinajstić information content (AvgIpc) is 2.35. The van der Waals surface area contributed by atoms with Crippen LogP contribution < -0.4 is 0 Å². The van der Waals surface area contributed by atoms with Crippen LogP contribution in [0, 0.1) is 13.8 Å². The topological polar surface area (TPSA) is 12.4 Å². The zero-order valence-electron chi connectivity index (χ0n) is 10.8. The van der Waals surface area contributed by atoms with Crippen molar-refractivity contribution < 1.29 is 0 Å². The minimum atomic E-state index is 1.00. The minimum absolute atomic E-state index is 1.00. The van der Waals surface area contributed by atoms with Crippen molar-refractivity contribution in [3.8, 4) is 0 Å². The van der Waals surface area contributed by atoms with Crippen molar-refractivity contribution in [1.29, 1.82) is 0 Å². The lowest BCUT2D eigenvalue weighted by Crippen LogP contribution is -1.76. The predicted octanol–water partition coefficient (Wildman–Crippen LogP) is 4.72. The molecule has 0 N–H and O–H groups in total. The highest BCUT2D eigenvalue weighted by Crippen LogP contribution is 2.16. The number of aryl methyl sites for hydroxylation is 2. The predicted molar refractivity (Wildman–Crippen MR) is 79.5 cm³/mol. The molecule has 0 aliphatic carbocycles. The second-order valence-corrected chi connectivity index (χ2v) is 4.39. The van der Waals surface area contributed by atoms with Crippen molar-refractivity contribution in [2.75, 3.05) is 0 Å². The van der Waals surface area contributed by atoms with E-state index in [0.717, 1.165) is 5.69 Å². The Morgan fingerprint density at radius 3 is 2.22 bits per heavy atom. The molecule has 0 unspecified atom stereocenters. The Labute approximate surface area is 109 Å². The summed E-state index contributed by atoms with van der Waals surface area (Å²) in [6.45, 7) is 4.18. The summed E-state index contributed by atoms with van der Waals surface area (Å²) < 4.78 is 0. The van der Waals surface area contributed by atoms with Gasteiger partial charge in [-0.1, -0.05) is 42.5 Å². The lowest BCUT2D eigenvalue weighted by Gasteiger charge is -1.98. The second kappa shape index (κ2) is 5.97. The quantitative estimate of drug-likeness (QED) is 0.683. The Morgan fingerprint density at radius 1 is 0.889 bits per heavy atom. The van der Waals surface area contributed by atoms with Gasteiger partial charge in [0.05, 0.1) is 5.69 Å². The Hall–Kier alpha value is -2.15. The molecule has 2 rings (SSSR count). The lowest BCUT2D eigenvalue weighted by molar-refractivity contribution is 1.36. The molecule has 0 atom stereocenters. The molecule has 0 spiro atoms. The molecule has 90 valence electrons. The molecule has 0 aliphatic rings. The number of hydrogen-bond acceptors (Lipinski definition) is 1. The monoisotopic (exact) mass is 235 g/mol. The molecule has 0 saturated heterocycles. The van der Waals surface area contributed by atoms with Crippen LogP contribution in [0.5, 0.6) is 0 Å². The first kappa shape index (κ1) is 12.3. The molecule has 1 heteroatoms. The summed E-state index contributed by atoms with van der Waals surface area (Å²) in [5, 5.41) is 0. The van der Waals surface area contributed by atoms with Crippen LogP contribution in [-0.4, -0.2) is 6.21 Å². The summed E-state index contributed by atoms with van der Waals surface area (Å²) in [5.41, 5.74) is 4.68. The molecular formula is C17H17N. The van der Waals surface area contributed by atoms with Crippen LogP contribution in [-0.2, 0) is 0 Å². The molecule has 2 aromatic rings.